The fraction of sp³-hybridized carbons (Fsp3) is 0.273. The molecule has 2 heteroatoms. The topological polar surface area (TPSA) is 12.4 Å². The average Bonchev–Trinajstić information content (AvgIpc) is 2.17. The number of benzene rings is 1. The van der Waals surface area contributed by atoms with E-state index >= 15 is 0 Å². The normalized spacial score (nSPS) is 10.3. The molecule has 0 saturated carbocycles. The fourth-order valence-corrected chi connectivity index (χ4v) is 1.29. The van der Waals surface area contributed by atoms with Crippen molar-refractivity contribution >= 4 is 25.1 Å². The third kappa shape index (κ3) is 2.65. The van der Waals surface area contributed by atoms with Crippen molar-refractivity contribution in [1.82, 2.24) is 0 Å². The summed E-state index contributed by atoms with van der Waals surface area (Å²) in [5.41, 5.74) is 3.64. The third-order valence-electron chi connectivity index (χ3n) is 1.96. The van der Waals surface area contributed by atoms with E-state index in [4.69, 9.17) is 0 Å². The molecule has 0 atom stereocenters. The van der Waals surface area contributed by atoms with Gasteiger partial charge in [0.2, 0.25) is 0 Å². The second-order valence-electron chi connectivity index (χ2n) is 2.95. The molecule has 0 aliphatic carbocycles. The summed E-state index contributed by atoms with van der Waals surface area (Å²) in [6.07, 6.45) is 2.92. The van der Waals surface area contributed by atoms with Crippen LogP contribution in [0.15, 0.2) is 23.2 Å². The number of rotatable bonds is 3. The minimum atomic E-state index is 1.05. The Bertz CT molecular complexity index is 329. The molecule has 1 rings (SSSR count). The van der Waals surface area contributed by atoms with Crippen LogP contribution in [0.1, 0.15) is 18.1 Å². The van der Waals surface area contributed by atoms with Crippen LogP contribution in [0.4, 0.5) is 0 Å². The second-order valence-corrected chi connectivity index (χ2v) is 2.95. The van der Waals surface area contributed by atoms with E-state index < -0.39 is 0 Å². The van der Waals surface area contributed by atoms with E-state index in [1.807, 2.05) is 13.1 Å². The molecule has 0 saturated heterocycles. The third-order valence-corrected chi connectivity index (χ3v) is 1.96. The van der Waals surface area contributed by atoms with Crippen LogP contribution in [0.3, 0.4) is 0 Å². The second kappa shape index (κ2) is 4.75. The maximum absolute atomic E-state index is 4.00. The Morgan fingerprint density at radius 3 is 2.77 bits per heavy atom. The van der Waals surface area contributed by atoms with Crippen molar-refractivity contribution < 1.29 is 0 Å². The quantitative estimate of drug-likeness (QED) is 0.476. The Morgan fingerprint density at radius 2 is 2.23 bits per heavy atom. The summed E-state index contributed by atoms with van der Waals surface area (Å²) in [7, 11) is 1.78. The van der Waals surface area contributed by atoms with Crippen LogP contribution in [0.5, 0.6) is 0 Å². The number of hydrogen-bond acceptors (Lipinski definition) is 1. The first-order chi connectivity index (χ1) is 6.30. The Morgan fingerprint density at radius 1 is 1.46 bits per heavy atom. The van der Waals surface area contributed by atoms with Crippen LogP contribution in [-0.4, -0.2) is 26.7 Å². The summed E-state index contributed by atoms with van der Waals surface area (Å²) in [6, 6.07) is 6.39. The van der Waals surface area contributed by atoms with E-state index in [2.05, 4.69) is 36.6 Å². The van der Waals surface area contributed by atoms with E-state index in [0.29, 0.717) is 0 Å². The van der Waals surface area contributed by atoms with Gasteiger partial charge in [-0.1, -0.05) is 0 Å². The standard InChI is InChI=1S/C11H14BN/c1-4-9-5-10(8-13-3)7-11(6-9)12-2/h5-8H,2,4H2,1,3H3. The van der Waals surface area contributed by atoms with Gasteiger partial charge in [-0.3, -0.25) is 0 Å². The molecule has 0 bridgehead atoms. The van der Waals surface area contributed by atoms with Crippen molar-refractivity contribution in [2.75, 3.05) is 7.05 Å². The molecule has 0 unspecified atom stereocenters. The van der Waals surface area contributed by atoms with Crippen molar-refractivity contribution in [2.45, 2.75) is 13.3 Å². The summed E-state index contributed by atoms with van der Waals surface area (Å²) >= 11 is 0. The summed E-state index contributed by atoms with van der Waals surface area (Å²) in [5.74, 6) is 0. The van der Waals surface area contributed by atoms with Crippen LogP contribution in [0, 0.1) is 0 Å². The van der Waals surface area contributed by atoms with Gasteiger partial charge in [-0.05, 0) is 0 Å². The Labute approximate surface area is 80.4 Å². The van der Waals surface area contributed by atoms with Gasteiger partial charge in [-0.15, -0.1) is 0 Å². The minimum absolute atomic E-state index is 1.05. The van der Waals surface area contributed by atoms with Gasteiger partial charge in [-0.2, -0.15) is 0 Å². The molecule has 1 aromatic rings. The number of aryl methyl sites for hydroxylation is 1. The summed E-state index contributed by atoms with van der Waals surface area (Å²) in [6.45, 7) is 7.78. The SMILES string of the molecule is C=Bc1cc(C=NC)cc(CC)c1. The molecule has 0 spiro atoms. The summed E-state index contributed by atoms with van der Waals surface area (Å²) in [4.78, 5) is 4.00. The summed E-state index contributed by atoms with van der Waals surface area (Å²) in [5, 5.41) is 0. The van der Waals surface area contributed by atoms with Crippen LogP contribution < -0.4 is 5.46 Å². The molecule has 0 radical (unpaired) electrons. The first-order valence-corrected chi connectivity index (χ1v) is 4.48. The van der Waals surface area contributed by atoms with E-state index in [9.17, 15) is 0 Å². The molecule has 0 aliphatic rings. The van der Waals surface area contributed by atoms with Gasteiger partial charge in [0.25, 0.3) is 0 Å². The molecule has 66 valence electrons. The molecule has 0 amide bonds. The first-order valence-electron chi connectivity index (χ1n) is 4.48. The molecule has 1 aromatic carbocycles. The molecular weight excluding hydrogens is 157 g/mol. The molecule has 13 heavy (non-hydrogen) atoms. The van der Waals surface area contributed by atoms with Crippen LogP contribution in [-0.2, 0) is 6.42 Å². The Kier molecular flexibility index (Phi) is 3.62. The van der Waals surface area contributed by atoms with Crippen LogP contribution >= 0.6 is 0 Å². The zero-order valence-corrected chi connectivity index (χ0v) is 8.25. The fourth-order valence-electron chi connectivity index (χ4n) is 1.29. The monoisotopic (exact) mass is 171 g/mol. The van der Waals surface area contributed by atoms with Gasteiger partial charge >= 0.3 is 79.8 Å². The van der Waals surface area contributed by atoms with Crippen LogP contribution in [0.2, 0.25) is 0 Å². The van der Waals surface area contributed by atoms with Crippen molar-refractivity contribution in [3.8, 4) is 0 Å². The molecule has 0 aromatic heterocycles. The van der Waals surface area contributed by atoms with E-state index in [1.54, 1.807) is 7.05 Å². The molecule has 0 N–H and O–H groups in total. The van der Waals surface area contributed by atoms with E-state index in [1.165, 1.54) is 5.56 Å². The first kappa shape index (κ1) is 9.91. The van der Waals surface area contributed by atoms with Gasteiger partial charge in [0.05, 0.1) is 0 Å². The zero-order chi connectivity index (χ0) is 9.68. The van der Waals surface area contributed by atoms with Crippen molar-refractivity contribution in [2.24, 2.45) is 4.99 Å². The van der Waals surface area contributed by atoms with Gasteiger partial charge in [0, 0.05) is 0 Å². The molecular formula is C11H14BN. The van der Waals surface area contributed by atoms with Crippen molar-refractivity contribution in [3.05, 3.63) is 29.3 Å². The van der Waals surface area contributed by atoms with Gasteiger partial charge < -0.3 is 0 Å². The van der Waals surface area contributed by atoms with Crippen molar-refractivity contribution in [3.63, 3.8) is 0 Å². The molecule has 0 fully saturated rings. The molecule has 1 nitrogen and oxygen atoms in total. The van der Waals surface area contributed by atoms with E-state index in [-0.39, 0.29) is 0 Å². The predicted molar refractivity (Wildman–Crippen MR) is 61.8 cm³/mol. The number of nitrogens with zero attached hydrogens (tertiary/aromatic N) is 1. The van der Waals surface area contributed by atoms with Gasteiger partial charge in [0.1, 0.15) is 0 Å². The maximum atomic E-state index is 4.00. The van der Waals surface area contributed by atoms with Gasteiger partial charge in [-0.25, -0.2) is 0 Å². The van der Waals surface area contributed by atoms with E-state index in [0.717, 1.165) is 17.4 Å². The number of aliphatic imine (C=N–C) groups is 1. The zero-order valence-electron chi connectivity index (χ0n) is 8.25. The van der Waals surface area contributed by atoms with Crippen LogP contribution in [0.25, 0.3) is 0 Å². The molecule has 0 aliphatic heterocycles. The average molecular weight is 171 g/mol. The molecule has 0 heterocycles. The van der Waals surface area contributed by atoms with Gasteiger partial charge in [0.15, 0.2) is 0 Å². The summed E-state index contributed by atoms with van der Waals surface area (Å²) < 4.78 is 0. The number of hydrogen-bond donors (Lipinski definition) is 0. The van der Waals surface area contributed by atoms with Crippen molar-refractivity contribution in [1.29, 1.82) is 0 Å². The predicted octanol–water partition coefficient (Wildman–Crippen LogP) is 1.06. The Balaban J connectivity index is 3.14. The Hall–Kier alpha value is -1.18.